The Kier molecular flexibility index (Phi) is 3.70. The van der Waals surface area contributed by atoms with E-state index in [1.165, 1.54) is 16.8 Å². The minimum atomic E-state index is -0.467. The number of benzene rings is 1. The van der Waals surface area contributed by atoms with E-state index in [1.807, 2.05) is 12.1 Å². The van der Waals surface area contributed by atoms with Crippen molar-refractivity contribution in [2.24, 2.45) is 0 Å². The van der Waals surface area contributed by atoms with Gasteiger partial charge >= 0.3 is 0 Å². The van der Waals surface area contributed by atoms with Crippen molar-refractivity contribution in [1.82, 2.24) is 25.2 Å². The summed E-state index contributed by atoms with van der Waals surface area (Å²) in [6.07, 6.45) is 8.61. The van der Waals surface area contributed by atoms with Crippen molar-refractivity contribution >= 4 is 23.8 Å². The Morgan fingerprint density at radius 1 is 1.14 bits per heavy atom. The van der Waals surface area contributed by atoms with Crippen molar-refractivity contribution in [3.8, 4) is 5.69 Å². The predicted molar refractivity (Wildman–Crippen MR) is 77.3 cm³/mol. The van der Waals surface area contributed by atoms with Gasteiger partial charge in [0.1, 0.15) is 11.5 Å². The minimum Gasteiger partial charge on any atom is -0.220 e. The third kappa shape index (κ3) is 3.11. The monoisotopic (exact) mass is 301 g/mol. The van der Waals surface area contributed by atoms with Gasteiger partial charge in [0.15, 0.2) is 0 Å². The molecule has 0 amide bonds. The van der Waals surface area contributed by atoms with Gasteiger partial charge in [-0.15, -0.1) is 5.10 Å². The van der Waals surface area contributed by atoms with Gasteiger partial charge in [0, 0.05) is 0 Å². The first kappa shape index (κ1) is 13.4. The van der Waals surface area contributed by atoms with Crippen LogP contribution in [0.1, 0.15) is 11.3 Å². The van der Waals surface area contributed by atoms with Crippen LogP contribution in [-0.4, -0.2) is 25.2 Å². The van der Waals surface area contributed by atoms with Crippen LogP contribution < -0.4 is 0 Å². The van der Waals surface area contributed by atoms with E-state index in [-0.39, 0.29) is 5.02 Å². The number of aromatic nitrogens is 5. The molecule has 0 bridgehead atoms. The van der Waals surface area contributed by atoms with Crippen LogP contribution in [0.4, 0.5) is 4.39 Å². The molecule has 0 atom stereocenters. The van der Waals surface area contributed by atoms with E-state index >= 15 is 0 Å². The summed E-state index contributed by atoms with van der Waals surface area (Å²) in [4.78, 5) is 0. The Labute approximate surface area is 124 Å². The zero-order valence-electron chi connectivity index (χ0n) is 10.7. The van der Waals surface area contributed by atoms with E-state index in [2.05, 4.69) is 20.5 Å². The highest BCUT2D eigenvalue weighted by atomic mass is 35.5. The normalized spacial score (nSPS) is 11.1. The highest BCUT2D eigenvalue weighted by Gasteiger charge is 2.04. The molecule has 0 saturated carbocycles. The molecule has 0 aliphatic heterocycles. The summed E-state index contributed by atoms with van der Waals surface area (Å²) in [5.74, 6) is -0.467. The maximum absolute atomic E-state index is 13.1. The fraction of sp³-hybridized carbons (Fsp3) is 0. The average molecular weight is 302 g/mol. The lowest BCUT2D eigenvalue weighted by Crippen LogP contribution is -1.95. The molecule has 7 heteroatoms. The molecule has 3 rings (SSSR count). The minimum absolute atomic E-state index is 0.0444. The topological polar surface area (TPSA) is 56.5 Å². The highest BCUT2D eigenvalue weighted by Crippen LogP contribution is 2.18. The number of hydrogen-bond acceptors (Lipinski definition) is 4. The maximum atomic E-state index is 13.1. The lowest BCUT2D eigenvalue weighted by atomic mass is 10.2. The van der Waals surface area contributed by atoms with Gasteiger partial charge < -0.3 is 0 Å². The zero-order chi connectivity index (χ0) is 14.7. The first-order chi connectivity index (χ1) is 10.2. The fourth-order valence-corrected chi connectivity index (χ4v) is 1.86. The van der Waals surface area contributed by atoms with E-state index in [0.29, 0.717) is 11.4 Å². The summed E-state index contributed by atoms with van der Waals surface area (Å²) in [5, 5.41) is 15.5. The van der Waals surface area contributed by atoms with E-state index in [9.17, 15) is 4.39 Å². The van der Waals surface area contributed by atoms with Gasteiger partial charge in [-0.25, -0.2) is 9.07 Å². The Morgan fingerprint density at radius 2 is 2.05 bits per heavy atom. The van der Waals surface area contributed by atoms with Gasteiger partial charge in [0.05, 0.1) is 29.3 Å². The van der Waals surface area contributed by atoms with E-state index in [1.54, 1.807) is 30.7 Å². The van der Waals surface area contributed by atoms with Crippen molar-refractivity contribution in [3.63, 3.8) is 0 Å². The van der Waals surface area contributed by atoms with Crippen molar-refractivity contribution in [2.75, 3.05) is 0 Å². The largest absolute Gasteiger partial charge is 0.220 e. The van der Waals surface area contributed by atoms with Crippen molar-refractivity contribution < 1.29 is 4.39 Å². The summed E-state index contributed by atoms with van der Waals surface area (Å²) in [5.41, 5.74) is 2.20. The van der Waals surface area contributed by atoms with E-state index in [4.69, 9.17) is 11.6 Å². The van der Waals surface area contributed by atoms with Crippen LogP contribution in [-0.2, 0) is 0 Å². The first-order valence-corrected chi connectivity index (χ1v) is 6.43. The molecule has 0 unspecified atom stereocenters. The molecule has 0 saturated heterocycles. The third-order valence-electron chi connectivity index (χ3n) is 2.73. The van der Waals surface area contributed by atoms with Crippen molar-refractivity contribution in [2.45, 2.75) is 0 Å². The summed E-state index contributed by atoms with van der Waals surface area (Å²) in [6.45, 7) is 0. The standard InChI is InChI=1S/C14H9ClFN5/c15-13-7-12(3-4-14(13)16)21-9-11(19-20-21)2-1-10-5-6-17-18-8-10/h1-9H/b2-1+. The number of nitrogens with zero attached hydrogens (tertiary/aromatic N) is 5. The molecular formula is C14H9ClFN5. The lowest BCUT2D eigenvalue weighted by Gasteiger charge is -2.00. The molecule has 1 aromatic carbocycles. The highest BCUT2D eigenvalue weighted by molar-refractivity contribution is 6.30. The molecule has 0 aliphatic rings. The van der Waals surface area contributed by atoms with E-state index < -0.39 is 5.82 Å². The zero-order valence-corrected chi connectivity index (χ0v) is 11.4. The first-order valence-electron chi connectivity index (χ1n) is 6.05. The van der Waals surface area contributed by atoms with Crippen LogP contribution in [0, 0.1) is 5.82 Å². The SMILES string of the molecule is Fc1ccc(-n2cc(/C=C/c3ccnnc3)nn2)cc1Cl. The van der Waals surface area contributed by atoms with Crippen molar-refractivity contribution in [1.29, 1.82) is 0 Å². The Bertz CT molecular complexity index is 785. The number of halogens is 2. The smallest absolute Gasteiger partial charge is 0.141 e. The van der Waals surface area contributed by atoms with Gasteiger partial charge in [0.25, 0.3) is 0 Å². The molecule has 0 radical (unpaired) electrons. The quantitative estimate of drug-likeness (QED) is 0.746. The van der Waals surface area contributed by atoms with Crippen LogP contribution >= 0.6 is 11.6 Å². The molecule has 3 aromatic rings. The van der Waals surface area contributed by atoms with Gasteiger partial charge in [-0.3, -0.25) is 0 Å². The molecule has 21 heavy (non-hydrogen) atoms. The molecule has 0 aliphatic carbocycles. The Hall–Kier alpha value is -2.60. The van der Waals surface area contributed by atoms with Gasteiger partial charge in [0.2, 0.25) is 0 Å². The average Bonchev–Trinajstić information content (AvgIpc) is 2.98. The van der Waals surface area contributed by atoms with Crippen LogP contribution in [0.5, 0.6) is 0 Å². The molecule has 0 spiro atoms. The second-order valence-corrected chi connectivity index (χ2v) is 4.60. The van der Waals surface area contributed by atoms with Crippen LogP contribution in [0.15, 0.2) is 42.9 Å². The molecule has 0 N–H and O–H groups in total. The molecule has 104 valence electrons. The maximum Gasteiger partial charge on any atom is 0.141 e. The predicted octanol–water partition coefficient (Wildman–Crippen LogP) is 3.02. The summed E-state index contributed by atoms with van der Waals surface area (Å²) < 4.78 is 14.7. The van der Waals surface area contributed by atoms with Crippen LogP contribution in [0.3, 0.4) is 0 Å². The molecule has 0 fully saturated rings. The van der Waals surface area contributed by atoms with Gasteiger partial charge in [-0.1, -0.05) is 22.9 Å². The molecule has 2 aromatic heterocycles. The molecule has 5 nitrogen and oxygen atoms in total. The summed E-state index contributed by atoms with van der Waals surface area (Å²) in [6, 6.07) is 6.19. The van der Waals surface area contributed by atoms with Gasteiger partial charge in [-0.2, -0.15) is 10.2 Å². The van der Waals surface area contributed by atoms with Gasteiger partial charge in [-0.05, 0) is 35.9 Å². The second-order valence-electron chi connectivity index (χ2n) is 4.20. The second kappa shape index (κ2) is 5.80. The molecule has 2 heterocycles. The van der Waals surface area contributed by atoms with Crippen LogP contribution in [0.25, 0.3) is 17.8 Å². The van der Waals surface area contributed by atoms with E-state index in [0.717, 1.165) is 5.56 Å². The summed E-state index contributed by atoms with van der Waals surface area (Å²) >= 11 is 5.75. The number of hydrogen-bond donors (Lipinski definition) is 0. The fourth-order valence-electron chi connectivity index (χ4n) is 1.69. The Morgan fingerprint density at radius 3 is 2.81 bits per heavy atom. The lowest BCUT2D eigenvalue weighted by molar-refractivity contribution is 0.627. The summed E-state index contributed by atoms with van der Waals surface area (Å²) in [7, 11) is 0. The van der Waals surface area contributed by atoms with Crippen LogP contribution in [0.2, 0.25) is 5.02 Å². The molecular weight excluding hydrogens is 293 g/mol. The Balaban J connectivity index is 1.83. The third-order valence-corrected chi connectivity index (χ3v) is 3.02. The van der Waals surface area contributed by atoms with Crippen molar-refractivity contribution in [3.05, 3.63) is 65.0 Å². The number of rotatable bonds is 3.